The van der Waals surface area contributed by atoms with Gasteiger partial charge in [0.15, 0.2) is 0 Å². The molecule has 0 radical (unpaired) electrons. The first kappa shape index (κ1) is 13.2. The Morgan fingerprint density at radius 3 is 3.12 bits per heavy atom. The average molecular weight is 228 g/mol. The predicted octanol–water partition coefficient (Wildman–Crippen LogP) is -0.630. The van der Waals surface area contributed by atoms with Crippen LogP contribution >= 0.6 is 0 Å². The van der Waals surface area contributed by atoms with Crippen molar-refractivity contribution in [3.63, 3.8) is 0 Å². The number of carbonyl (C=O) groups excluding carboxylic acids is 1. The summed E-state index contributed by atoms with van der Waals surface area (Å²) >= 11 is 0. The Balaban J connectivity index is 2.42. The molecule has 0 aliphatic carbocycles. The van der Waals surface area contributed by atoms with E-state index < -0.39 is 0 Å². The number of nitrogens with one attached hydrogen (secondary N) is 1. The number of nitrogens with zero attached hydrogens (tertiary/aromatic N) is 1. The second-order valence-electron chi connectivity index (χ2n) is 3.95. The van der Waals surface area contributed by atoms with Gasteiger partial charge in [-0.05, 0) is 6.92 Å². The van der Waals surface area contributed by atoms with Crippen LogP contribution in [0.25, 0.3) is 0 Å². The van der Waals surface area contributed by atoms with Gasteiger partial charge in [-0.2, -0.15) is 0 Å². The van der Waals surface area contributed by atoms with Crippen LogP contribution in [0.15, 0.2) is 12.7 Å². The van der Waals surface area contributed by atoms with Crippen molar-refractivity contribution in [2.24, 2.45) is 0 Å². The number of hydrogen-bond donors (Lipinski definition) is 2. The molecule has 1 aliphatic heterocycles. The summed E-state index contributed by atoms with van der Waals surface area (Å²) in [6.07, 6.45) is 1.46. The summed E-state index contributed by atoms with van der Waals surface area (Å²) in [4.78, 5) is 13.6. The van der Waals surface area contributed by atoms with Gasteiger partial charge in [-0.25, -0.2) is 0 Å². The quantitative estimate of drug-likeness (QED) is 0.486. The van der Waals surface area contributed by atoms with Gasteiger partial charge in [0.2, 0.25) is 5.91 Å². The highest BCUT2D eigenvalue weighted by Gasteiger charge is 2.28. The molecule has 2 unspecified atom stereocenters. The van der Waals surface area contributed by atoms with Crippen LogP contribution in [0.1, 0.15) is 6.92 Å². The molecule has 1 saturated heterocycles. The third-order valence-corrected chi connectivity index (χ3v) is 2.59. The zero-order valence-electron chi connectivity index (χ0n) is 9.69. The molecule has 16 heavy (non-hydrogen) atoms. The van der Waals surface area contributed by atoms with Crippen molar-refractivity contribution in [1.29, 1.82) is 0 Å². The van der Waals surface area contributed by atoms with Crippen LogP contribution in [-0.2, 0) is 9.53 Å². The van der Waals surface area contributed by atoms with Gasteiger partial charge in [-0.15, -0.1) is 6.58 Å². The molecule has 5 nitrogen and oxygen atoms in total. The van der Waals surface area contributed by atoms with Crippen molar-refractivity contribution >= 4 is 5.91 Å². The summed E-state index contributed by atoms with van der Waals surface area (Å²) < 4.78 is 5.36. The van der Waals surface area contributed by atoms with Crippen molar-refractivity contribution in [3.05, 3.63) is 12.7 Å². The van der Waals surface area contributed by atoms with E-state index in [1.807, 2.05) is 6.92 Å². The number of hydrogen-bond acceptors (Lipinski definition) is 4. The van der Waals surface area contributed by atoms with Crippen LogP contribution < -0.4 is 5.32 Å². The molecule has 1 heterocycles. The highest BCUT2D eigenvalue weighted by molar-refractivity contribution is 5.78. The minimum Gasteiger partial charge on any atom is -0.394 e. The predicted molar refractivity (Wildman–Crippen MR) is 61.1 cm³/mol. The summed E-state index contributed by atoms with van der Waals surface area (Å²) in [6.45, 7) is 7.34. The number of morpholine rings is 1. The van der Waals surface area contributed by atoms with Crippen molar-refractivity contribution in [2.75, 3.05) is 32.8 Å². The molecule has 5 heteroatoms. The number of amides is 1. The van der Waals surface area contributed by atoms with Crippen molar-refractivity contribution in [1.82, 2.24) is 10.2 Å². The first-order valence-corrected chi connectivity index (χ1v) is 5.52. The Kier molecular flexibility index (Phi) is 5.45. The number of aliphatic hydroxyl groups excluding tert-OH is 1. The van der Waals surface area contributed by atoms with Gasteiger partial charge in [0.25, 0.3) is 0 Å². The second kappa shape index (κ2) is 6.62. The van der Waals surface area contributed by atoms with E-state index in [0.29, 0.717) is 26.2 Å². The lowest BCUT2D eigenvalue weighted by Gasteiger charge is -2.37. The van der Waals surface area contributed by atoms with Crippen LogP contribution in [0.3, 0.4) is 0 Å². The molecule has 0 aromatic rings. The van der Waals surface area contributed by atoms with Crippen LogP contribution in [0.5, 0.6) is 0 Å². The third kappa shape index (κ3) is 3.59. The first-order chi connectivity index (χ1) is 7.69. The summed E-state index contributed by atoms with van der Waals surface area (Å²) in [7, 11) is 0. The summed E-state index contributed by atoms with van der Waals surface area (Å²) in [5.41, 5.74) is 0. The maximum absolute atomic E-state index is 11.8. The Labute approximate surface area is 96.1 Å². The van der Waals surface area contributed by atoms with Crippen LogP contribution in [0, 0.1) is 0 Å². The molecule has 2 N–H and O–H groups in total. The first-order valence-electron chi connectivity index (χ1n) is 5.52. The second-order valence-corrected chi connectivity index (χ2v) is 3.95. The van der Waals surface area contributed by atoms with Gasteiger partial charge in [-0.1, -0.05) is 6.08 Å². The fourth-order valence-corrected chi connectivity index (χ4v) is 1.66. The molecule has 0 saturated carbocycles. The highest BCUT2D eigenvalue weighted by Crippen LogP contribution is 2.11. The molecule has 0 aromatic carbocycles. The SMILES string of the molecule is C=CCNCC(=O)N1CC(CO)OCC1C. The summed E-state index contributed by atoms with van der Waals surface area (Å²) in [5.74, 6) is 0.0381. The highest BCUT2D eigenvalue weighted by atomic mass is 16.5. The van der Waals surface area contributed by atoms with Crippen LogP contribution in [-0.4, -0.2) is 60.9 Å². The van der Waals surface area contributed by atoms with E-state index in [2.05, 4.69) is 11.9 Å². The molecule has 2 atom stereocenters. The maximum atomic E-state index is 11.8. The standard InChI is InChI=1S/C11H20N2O3/c1-3-4-12-5-11(15)13-6-10(7-14)16-8-9(13)2/h3,9-10,12,14H,1,4-8H2,2H3. The van der Waals surface area contributed by atoms with Gasteiger partial charge in [0.05, 0.1) is 31.9 Å². The van der Waals surface area contributed by atoms with Gasteiger partial charge >= 0.3 is 0 Å². The van der Waals surface area contributed by atoms with E-state index in [9.17, 15) is 4.79 Å². The number of carbonyl (C=O) groups is 1. The Morgan fingerprint density at radius 1 is 1.75 bits per heavy atom. The Morgan fingerprint density at radius 2 is 2.50 bits per heavy atom. The summed E-state index contributed by atoms with van der Waals surface area (Å²) in [6, 6.07) is 0.0702. The lowest BCUT2D eigenvalue weighted by molar-refractivity contribution is -0.145. The monoisotopic (exact) mass is 228 g/mol. The fourth-order valence-electron chi connectivity index (χ4n) is 1.66. The molecule has 0 aromatic heterocycles. The van der Waals surface area contributed by atoms with Gasteiger partial charge in [0.1, 0.15) is 0 Å². The smallest absolute Gasteiger partial charge is 0.236 e. The average Bonchev–Trinajstić information content (AvgIpc) is 2.30. The Bertz CT molecular complexity index is 245. The van der Waals surface area contributed by atoms with E-state index in [0.717, 1.165) is 0 Å². The van der Waals surface area contributed by atoms with E-state index in [4.69, 9.17) is 9.84 Å². The molecule has 92 valence electrons. The molecule has 1 amide bonds. The molecule has 0 spiro atoms. The minimum atomic E-state index is -0.250. The molecule has 0 bridgehead atoms. The minimum absolute atomic E-state index is 0.0381. The van der Waals surface area contributed by atoms with E-state index in [1.165, 1.54) is 0 Å². The lowest BCUT2D eigenvalue weighted by atomic mass is 10.2. The van der Waals surface area contributed by atoms with Gasteiger partial charge < -0.3 is 20.1 Å². The number of aliphatic hydroxyl groups is 1. The van der Waals surface area contributed by atoms with Crippen LogP contribution in [0.4, 0.5) is 0 Å². The molecular formula is C11H20N2O3. The van der Waals surface area contributed by atoms with Gasteiger partial charge in [0, 0.05) is 13.1 Å². The molecule has 1 aliphatic rings. The zero-order valence-corrected chi connectivity index (χ0v) is 9.69. The summed E-state index contributed by atoms with van der Waals surface area (Å²) in [5, 5.41) is 12.0. The third-order valence-electron chi connectivity index (χ3n) is 2.59. The molecule has 1 rings (SSSR count). The Hall–Kier alpha value is -0.910. The number of ether oxygens (including phenoxy) is 1. The maximum Gasteiger partial charge on any atom is 0.236 e. The van der Waals surface area contributed by atoms with Gasteiger partial charge in [-0.3, -0.25) is 4.79 Å². The van der Waals surface area contributed by atoms with E-state index in [-0.39, 0.29) is 24.7 Å². The van der Waals surface area contributed by atoms with Crippen LogP contribution in [0.2, 0.25) is 0 Å². The zero-order chi connectivity index (χ0) is 12.0. The van der Waals surface area contributed by atoms with E-state index in [1.54, 1.807) is 11.0 Å². The van der Waals surface area contributed by atoms with E-state index >= 15 is 0 Å². The van der Waals surface area contributed by atoms with Crippen molar-refractivity contribution < 1.29 is 14.6 Å². The fraction of sp³-hybridized carbons (Fsp3) is 0.727. The number of rotatable bonds is 5. The van der Waals surface area contributed by atoms with Crippen molar-refractivity contribution in [3.8, 4) is 0 Å². The molecule has 1 fully saturated rings. The largest absolute Gasteiger partial charge is 0.394 e. The normalized spacial score (nSPS) is 25.5. The topological polar surface area (TPSA) is 61.8 Å². The molecular weight excluding hydrogens is 208 g/mol. The van der Waals surface area contributed by atoms with Crippen molar-refractivity contribution in [2.45, 2.75) is 19.1 Å². The lowest BCUT2D eigenvalue weighted by Crippen LogP contribution is -2.54.